The zero-order valence-corrected chi connectivity index (χ0v) is 16.3. The maximum absolute atomic E-state index is 11.9. The average molecular weight is 417 g/mol. The summed E-state index contributed by atoms with van der Waals surface area (Å²) in [7, 11) is 0. The van der Waals surface area contributed by atoms with Crippen LogP contribution in [0, 0.1) is 5.92 Å². The Bertz CT molecular complexity index is 1060. The highest BCUT2D eigenvalue weighted by Crippen LogP contribution is 2.34. The number of hydrogen-bond donors (Lipinski definition) is 4. The lowest BCUT2D eigenvalue weighted by Crippen LogP contribution is -2.45. The number of aliphatic hydroxyl groups is 3. The van der Waals surface area contributed by atoms with Crippen molar-refractivity contribution in [1.29, 1.82) is 0 Å². The number of ether oxygens (including phenoxy) is 1. The zero-order valence-electron chi connectivity index (χ0n) is 16.3. The van der Waals surface area contributed by atoms with Gasteiger partial charge in [-0.1, -0.05) is 0 Å². The van der Waals surface area contributed by atoms with Gasteiger partial charge in [0, 0.05) is 18.7 Å². The Morgan fingerprint density at radius 2 is 2.10 bits per heavy atom. The third-order valence-electron chi connectivity index (χ3n) is 5.39. The number of carbonyl (C=O) groups is 1. The fourth-order valence-corrected chi connectivity index (χ4v) is 3.76. The molecule has 1 saturated carbocycles. The number of fused-ring (bicyclic) bond motifs is 1. The van der Waals surface area contributed by atoms with Crippen molar-refractivity contribution < 1.29 is 24.9 Å². The largest absolute Gasteiger partial charge is 0.462 e. The minimum absolute atomic E-state index is 0.112. The molecule has 1 aliphatic carbocycles. The fraction of sp³-hybridized carbons (Fsp3) is 0.500. The van der Waals surface area contributed by atoms with Gasteiger partial charge in [-0.15, -0.1) is 0 Å². The molecule has 1 aliphatic rings. The molecule has 3 aromatic heterocycles. The summed E-state index contributed by atoms with van der Waals surface area (Å²) in [5.41, 5.74) is 7.01. The third-order valence-corrected chi connectivity index (χ3v) is 5.39. The van der Waals surface area contributed by atoms with Crippen molar-refractivity contribution in [2.75, 3.05) is 18.9 Å². The molecule has 0 aliphatic heterocycles. The first kappa shape index (κ1) is 20.2. The number of esters is 1. The number of carbonyl (C=O) groups excluding carboxylic acids is 1. The van der Waals surface area contributed by atoms with Crippen LogP contribution in [-0.2, 0) is 4.74 Å². The van der Waals surface area contributed by atoms with Crippen LogP contribution in [0.15, 0.2) is 18.7 Å². The molecule has 4 rings (SSSR count). The number of nitrogens with zero attached hydrogens (tertiary/aromatic N) is 6. The van der Waals surface area contributed by atoms with Gasteiger partial charge in [0.25, 0.3) is 5.95 Å². The van der Waals surface area contributed by atoms with Crippen LogP contribution >= 0.6 is 0 Å². The van der Waals surface area contributed by atoms with Gasteiger partial charge in [0.15, 0.2) is 11.5 Å². The quantitative estimate of drug-likeness (QED) is 0.394. The SMILES string of the molecule is CCOC(=O)c1cnn(-c2nc(N)c3ncn([C@@H]4CC[C@H](CO)[C@@H](O)[C@H]4O)c3n2)c1. The molecule has 4 atom stereocenters. The molecule has 12 nitrogen and oxygen atoms in total. The number of aromatic nitrogens is 6. The van der Waals surface area contributed by atoms with Gasteiger partial charge < -0.3 is 30.4 Å². The van der Waals surface area contributed by atoms with Gasteiger partial charge in [0.05, 0.1) is 36.8 Å². The van der Waals surface area contributed by atoms with Crippen LogP contribution in [0.1, 0.15) is 36.2 Å². The van der Waals surface area contributed by atoms with E-state index in [4.69, 9.17) is 10.5 Å². The van der Waals surface area contributed by atoms with Crippen LogP contribution in [-0.4, -0.2) is 76.0 Å². The lowest BCUT2D eigenvalue weighted by Gasteiger charge is -2.37. The number of hydrogen-bond acceptors (Lipinski definition) is 10. The van der Waals surface area contributed by atoms with Crippen molar-refractivity contribution in [3.8, 4) is 5.95 Å². The van der Waals surface area contributed by atoms with Crippen LogP contribution in [0.4, 0.5) is 5.82 Å². The minimum atomic E-state index is -1.10. The Morgan fingerprint density at radius 3 is 2.83 bits per heavy atom. The van der Waals surface area contributed by atoms with E-state index < -0.39 is 24.2 Å². The van der Waals surface area contributed by atoms with Gasteiger partial charge in [0.1, 0.15) is 11.6 Å². The van der Waals surface area contributed by atoms with E-state index >= 15 is 0 Å². The Labute approximate surface area is 170 Å². The third kappa shape index (κ3) is 3.38. The van der Waals surface area contributed by atoms with Crippen molar-refractivity contribution in [3.05, 3.63) is 24.3 Å². The molecule has 3 aromatic rings. The first-order valence-corrected chi connectivity index (χ1v) is 9.63. The summed E-state index contributed by atoms with van der Waals surface area (Å²) in [5.74, 6) is -0.662. The summed E-state index contributed by atoms with van der Waals surface area (Å²) in [6.07, 6.45) is 3.15. The van der Waals surface area contributed by atoms with Crippen molar-refractivity contribution in [2.24, 2.45) is 5.92 Å². The number of nitrogen functional groups attached to an aromatic ring is 1. The molecule has 0 radical (unpaired) electrons. The van der Waals surface area contributed by atoms with Gasteiger partial charge >= 0.3 is 5.97 Å². The summed E-state index contributed by atoms with van der Waals surface area (Å²) in [4.78, 5) is 24.8. The normalized spacial score (nSPS) is 24.3. The van der Waals surface area contributed by atoms with Gasteiger partial charge in [0.2, 0.25) is 0 Å². The number of aliphatic hydroxyl groups excluding tert-OH is 3. The molecule has 12 heteroatoms. The molecule has 160 valence electrons. The molecule has 0 saturated heterocycles. The smallest absolute Gasteiger partial charge is 0.341 e. The lowest BCUT2D eigenvalue weighted by molar-refractivity contribution is -0.0826. The molecule has 0 unspecified atom stereocenters. The van der Waals surface area contributed by atoms with Gasteiger partial charge in [-0.05, 0) is 19.8 Å². The Morgan fingerprint density at radius 1 is 1.30 bits per heavy atom. The average Bonchev–Trinajstić information content (AvgIpc) is 3.38. The molecule has 0 aromatic carbocycles. The topological polar surface area (TPSA) is 174 Å². The number of anilines is 1. The molecule has 5 N–H and O–H groups in total. The molecule has 0 spiro atoms. The van der Waals surface area contributed by atoms with E-state index in [0.717, 1.165) is 0 Å². The zero-order chi connectivity index (χ0) is 21.4. The van der Waals surface area contributed by atoms with Crippen LogP contribution in [0.5, 0.6) is 0 Å². The molecule has 1 fully saturated rings. The van der Waals surface area contributed by atoms with Gasteiger partial charge in [-0.2, -0.15) is 15.1 Å². The van der Waals surface area contributed by atoms with Crippen LogP contribution < -0.4 is 5.73 Å². The van der Waals surface area contributed by atoms with E-state index in [9.17, 15) is 20.1 Å². The molecule has 30 heavy (non-hydrogen) atoms. The number of imidazole rings is 1. The first-order valence-electron chi connectivity index (χ1n) is 9.63. The molecule has 3 heterocycles. The summed E-state index contributed by atoms with van der Waals surface area (Å²) < 4.78 is 7.90. The van der Waals surface area contributed by atoms with Gasteiger partial charge in [-0.3, -0.25) is 0 Å². The Balaban J connectivity index is 1.71. The maximum atomic E-state index is 11.9. The van der Waals surface area contributed by atoms with Crippen molar-refractivity contribution in [1.82, 2.24) is 29.3 Å². The molecule has 0 bridgehead atoms. The van der Waals surface area contributed by atoms with E-state index in [0.29, 0.717) is 24.0 Å². The first-order chi connectivity index (χ1) is 14.4. The van der Waals surface area contributed by atoms with Crippen molar-refractivity contribution in [3.63, 3.8) is 0 Å². The minimum Gasteiger partial charge on any atom is -0.462 e. The molecular weight excluding hydrogens is 394 g/mol. The monoisotopic (exact) mass is 417 g/mol. The highest BCUT2D eigenvalue weighted by molar-refractivity contribution is 5.89. The summed E-state index contributed by atoms with van der Waals surface area (Å²) in [6.45, 7) is 1.75. The van der Waals surface area contributed by atoms with Crippen molar-refractivity contribution in [2.45, 2.75) is 38.0 Å². The van der Waals surface area contributed by atoms with Crippen LogP contribution in [0.2, 0.25) is 0 Å². The predicted octanol–water partition coefficient (Wildman–Crippen LogP) is -0.564. The van der Waals surface area contributed by atoms with E-state index in [-0.39, 0.29) is 36.5 Å². The second-order valence-electron chi connectivity index (χ2n) is 7.20. The second kappa shape index (κ2) is 7.97. The lowest BCUT2D eigenvalue weighted by atomic mass is 9.81. The highest BCUT2D eigenvalue weighted by Gasteiger charge is 2.38. The Kier molecular flexibility index (Phi) is 5.37. The van der Waals surface area contributed by atoms with Crippen LogP contribution in [0.3, 0.4) is 0 Å². The summed E-state index contributed by atoms with van der Waals surface area (Å²) in [6, 6.07) is -0.498. The second-order valence-corrected chi connectivity index (χ2v) is 7.20. The van der Waals surface area contributed by atoms with E-state index in [1.807, 2.05) is 0 Å². The fourth-order valence-electron chi connectivity index (χ4n) is 3.76. The summed E-state index contributed by atoms with van der Waals surface area (Å²) >= 11 is 0. The standard InChI is InChI=1S/C18H23N7O5/c1-2-30-17(29)10-5-21-25(6-10)18-22-15(19)12-16(23-18)24(8-20-12)11-4-3-9(7-26)13(27)14(11)28/h5-6,8-9,11,13-14,26-28H,2-4,7H2,1H3,(H2,19,22,23)/t9-,11-,13-,14+/m1/s1. The highest BCUT2D eigenvalue weighted by atomic mass is 16.5. The summed E-state index contributed by atoms with van der Waals surface area (Å²) in [5, 5.41) is 34.4. The number of nitrogens with two attached hydrogens (primary N) is 1. The van der Waals surface area contributed by atoms with E-state index in [2.05, 4.69) is 20.1 Å². The van der Waals surface area contributed by atoms with E-state index in [1.54, 1.807) is 11.5 Å². The number of rotatable bonds is 5. The molecular formula is C18H23N7O5. The van der Waals surface area contributed by atoms with Gasteiger partial charge in [-0.25, -0.2) is 14.5 Å². The molecule has 0 amide bonds. The van der Waals surface area contributed by atoms with Crippen molar-refractivity contribution >= 4 is 23.0 Å². The maximum Gasteiger partial charge on any atom is 0.341 e. The predicted molar refractivity (Wildman–Crippen MR) is 104 cm³/mol. The van der Waals surface area contributed by atoms with Crippen LogP contribution in [0.25, 0.3) is 17.1 Å². The Hall–Kier alpha value is -3.09. The van der Waals surface area contributed by atoms with E-state index in [1.165, 1.54) is 23.4 Å².